The number of hydrogen-bond acceptors (Lipinski definition) is 2. The summed E-state index contributed by atoms with van der Waals surface area (Å²) < 4.78 is 5.25. The molecule has 0 N–H and O–H groups in total. The van der Waals surface area contributed by atoms with Gasteiger partial charge in [0.1, 0.15) is 5.75 Å². The quantitative estimate of drug-likeness (QED) is 0.386. The fourth-order valence-corrected chi connectivity index (χ4v) is 4.14. The lowest BCUT2D eigenvalue weighted by Crippen LogP contribution is -2.13. The average Bonchev–Trinajstić information content (AvgIpc) is 2.73. The molecule has 2 aromatic rings. The van der Waals surface area contributed by atoms with Crippen LogP contribution in [-0.4, -0.2) is 5.97 Å². The van der Waals surface area contributed by atoms with Crippen molar-refractivity contribution in [3.8, 4) is 16.9 Å². The van der Waals surface area contributed by atoms with E-state index >= 15 is 0 Å². The molecular weight excluding hydrogens is 332 g/mol. The summed E-state index contributed by atoms with van der Waals surface area (Å²) in [4.78, 5) is 11.4. The summed E-state index contributed by atoms with van der Waals surface area (Å²) in [7, 11) is 0. The topological polar surface area (TPSA) is 26.3 Å². The van der Waals surface area contributed by atoms with Crippen molar-refractivity contribution in [2.75, 3.05) is 0 Å². The second-order valence-electron chi connectivity index (χ2n) is 7.83. The number of hydrogen-bond donors (Lipinski definition) is 0. The molecule has 0 aliphatic heterocycles. The van der Waals surface area contributed by atoms with Gasteiger partial charge in [0.05, 0.1) is 0 Å². The number of carbonyl (C=O) groups is 1. The van der Waals surface area contributed by atoms with Crippen LogP contribution in [0.3, 0.4) is 0 Å². The molecule has 0 unspecified atom stereocenters. The molecule has 2 nitrogen and oxygen atoms in total. The van der Waals surface area contributed by atoms with Crippen LogP contribution in [0.2, 0.25) is 0 Å². The third-order valence-corrected chi connectivity index (χ3v) is 5.90. The van der Waals surface area contributed by atoms with Crippen molar-refractivity contribution in [1.29, 1.82) is 0 Å². The smallest absolute Gasteiger partial charge is 0.310 e. The summed E-state index contributed by atoms with van der Waals surface area (Å²) in [6, 6.07) is 16.8. The number of carbonyl (C=O) groups excluding carboxylic acids is 1. The first-order valence-electron chi connectivity index (χ1n) is 10.6. The van der Waals surface area contributed by atoms with Crippen LogP contribution in [0.15, 0.2) is 48.5 Å². The van der Waals surface area contributed by atoms with Crippen molar-refractivity contribution < 1.29 is 9.53 Å². The van der Waals surface area contributed by atoms with Gasteiger partial charge in [-0.2, -0.15) is 0 Å². The lowest BCUT2D eigenvalue weighted by molar-refractivity contribution is -0.134. The van der Waals surface area contributed by atoms with E-state index in [2.05, 4.69) is 31.2 Å². The molecule has 144 valence electrons. The van der Waals surface area contributed by atoms with E-state index in [1.165, 1.54) is 56.1 Å². The van der Waals surface area contributed by atoms with Gasteiger partial charge in [-0.3, -0.25) is 4.79 Å². The maximum absolute atomic E-state index is 11.4. The van der Waals surface area contributed by atoms with E-state index in [1.54, 1.807) is 6.92 Å². The van der Waals surface area contributed by atoms with E-state index in [0.29, 0.717) is 12.2 Å². The van der Waals surface area contributed by atoms with Gasteiger partial charge < -0.3 is 4.74 Å². The molecule has 0 saturated heterocycles. The van der Waals surface area contributed by atoms with Crippen LogP contribution in [-0.2, 0) is 4.79 Å². The van der Waals surface area contributed by atoms with Crippen LogP contribution in [0, 0.1) is 5.92 Å². The largest absolute Gasteiger partial charge is 0.427 e. The Morgan fingerprint density at radius 1 is 0.889 bits per heavy atom. The Bertz CT molecular complexity index is 707. The van der Waals surface area contributed by atoms with E-state index in [9.17, 15) is 4.79 Å². The van der Waals surface area contributed by atoms with Crippen molar-refractivity contribution in [2.24, 2.45) is 5.92 Å². The molecule has 0 spiro atoms. The number of benzene rings is 2. The molecule has 0 amide bonds. The van der Waals surface area contributed by atoms with Crippen molar-refractivity contribution in [2.45, 2.75) is 71.1 Å². The summed E-state index contributed by atoms with van der Waals surface area (Å²) in [5.74, 6) is 2.10. The Morgan fingerprint density at radius 3 is 2.04 bits per heavy atom. The van der Waals surface area contributed by atoms with Crippen LogP contribution in [0.4, 0.5) is 0 Å². The third-order valence-electron chi connectivity index (χ3n) is 5.90. The van der Waals surface area contributed by atoms with Gasteiger partial charge >= 0.3 is 5.97 Å². The minimum atomic E-state index is -0.198. The number of esters is 1. The van der Waals surface area contributed by atoms with Gasteiger partial charge in [0, 0.05) is 6.42 Å². The fraction of sp³-hybridized carbons (Fsp3) is 0.480. The summed E-state index contributed by atoms with van der Waals surface area (Å²) in [5, 5.41) is 0. The molecule has 27 heavy (non-hydrogen) atoms. The Hall–Kier alpha value is -2.09. The highest BCUT2D eigenvalue weighted by Crippen LogP contribution is 2.38. The summed E-state index contributed by atoms with van der Waals surface area (Å²) in [6.07, 6.45) is 9.99. The highest BCUT2D eigenvalue weighted by atomic mass is 16.5. The molecule has 0 radical (unpaired) electrons. The van der Waals surface area contributed by atoms with E-state index in [-0.39, 0.29) is 5.97 Å². The Morgan fingerprint density at radius 2 is 1.48 bits per heavy atom. The highest BCUT2D eigenvalue weighted by molar-refractivity contribution is 5.72. The van der Waals surface area contributed by atoms with Gasteiger partial charge in [-0.1, -0.05) is 69.5 Å². The van der Waals surface area contributed by atoms with E-state index < -0.39 is 0 Å². The lowest BCUT2D eigenvalue weighted by atomic mass is 9.77. The summed E-state index contributed by atoms with van der Waals surface area (Å²) in [5.41, 5.74) is 3.85. The number of rotatable bonds is 7. The summed E-state index contributed by atoms with van der Waals surface area (Å²) >= 11 is 0. The first-order chi connectivity index (χ1) is 13.2. The van der Waals surface area contributed by atoms with Crippen LogP contribution in [0.1, 0.15) is 76.7 Å². The van der Waals surface area contributed by atoms with Gasteiger partial charge in [0.15, 0.2) is 0 Å². The molecule has 0 atom stereocenters. The minimum Gasteiger partial charge on any atom is -0.427 e. The monoisotopic (exact) mass is 364 g/mol. The predicted molar refractivity (Wildman–Crippen MR) is 112 cm³/mol. The lowest BCUT2D eigenvalue weighted by Gasteiger charge is -2.29. The molecular formula is C25H32O2. The molecule has 0 heterocycles. The van der Waals surface area contributed by atoms with E-state index in [0.717, 1.165) is 17.4 Å². The second-order valence-corrected chi connectivity index (χ2v) is 7.83. The molecule has 1 aliphatic carbocycles. The zero-order chi connectivity index (χ0) is 19.1. The van der Waals surface area contributed by atoms with Gasteiger partial charge in [-0.05, 0) is 66.3 Å². The maximum Gasteiger partial charge on any atom is 0.310 e. The first-order valence-corrected chi connectivity index (χ1v) is 10.6. The van der Waals surface area contributed by atoms with Crippen LogP contribution in [0.25, 0.3) is 11.1 Å². The Labute approximate surface area is 164 Å². The zero-order valence-corrected chi connectivity index (χ0v) is 16.7. The standard InChI is InChI=1S/C25H32O2/c1-3-5-6-19-7-9-20(10-8-19)21-11-13-22(14-12-21)23-15-17-24(18-16-23)27-25(26)4-2/h11-20H,3-10H2,1-2H3. The van der Waals surface area contributed by atoms with Gasteiger partial charge in [-0.25, -0.2) is 0 Å². The zero-order valence-electron chi connectivity index (χ0n) is 16.7. The fourth-order valence-electron chi connectivity index (χ4n) is 4.14. The molecule has 3 rings (SSSR count). The predicted octanol–water partition coefficient (Wildman–Crippen LogP) is 7.13. The average molecular weight is 365 g/mol. The first kappa shape index (κ1) is 19.7. The summed E-state index contributed by atoms with van der Waals surface area (Å²) in [6.45, 7) is 4.09. The van der Waals surface area contributed by atoms with Gasteiger partial charge in [0.25, 0.3) is 0 Å². The second kappa shape index (κ2) is 9.73. The maximum atomic E-state index is 11.4. The van der Waals surface area contributed by atoms with Crippen molar-refractivity contribution >= 4 is 5.97 Å². The molecule has 2 aromatic carbocycles. The molecule has 2 heteroatoms. The number of ether oxygens (including phenoxy) is 1. The SMILES string of the molecule is CCCCC1CCC(c2ccc(-c3ccc(OC(=O)CC)cc3)cc2)CC1. The molecule has 1 saturated carbocycles. The molecule has 1 fully saturated rings. The van der Waals surface area contributed by atoms with Crippen molar-refractivity contribution in [3.05, 3.63) is 54.1 Å². The number of unbranched alkanes of at least 4 members (excludes halogenated alkanes) is 1. The Balaban J connectivity index is 1.58. The van der Waals surface area contributed by atoms with Crippen molar-refractivity contribution in [1.82, 2.24) is 0 Å². The van der Waals surface area contributed by atoms with Crippen molar-refractivity contribution in [3.63, 3.8) is 0 Å². The normalized spacial score (nSPS) is 19.6. The molecule has 1 aliphatic rings. The molecule has 0 aromatic heterocycles. The highest BCUT2D eigenvalue weighted by Gasteiger charge is 2.21. The minimum absolute atomic E-state index is 0.198. The van der Waals surface area contributed by atoms with Gasteiger partial charge in [-0.15, -0.1) is 0 Å². The van der Waals surface area contributed by atoms with E-state index in [1.807, 2.05) is 24.3 Å². The third kappa shape index (κ3) is 5.45. The van der Waals surface area contributed by atoms with Crippen LogP contribution >= 0.6 is 0 Å². The van der Waals surface area contributed by atoms with E-state index in [4.69, 9.17) is 4.74 Å². The Kier molecular flexibility index (Phi) is 7.09. The van der Waals surface area contributed by atoms with Crippen LogP contribution in [0.5, 0.6) is 5.75 Å². The van der Waals surface area contributed by atoms with Gasteiger partial charge in [0.2, 0.25) is 0 Å². The molecule has 0 bridgehead atoms. The van der Waals surface area contributed by atoms with Crippen LogP contribution < -0.4 is 4.74 Å².